The third kappa shape index (κ3) is 6.71. The minimum absolute atomic E-state index is 0.160. The van der Waals surface area contributed by atoms with Crippen molar-refractivity contribution in [3.8, 4) is 11.5 Å². The number of ether oxygens (including phenoxy) is 2. The number of rotatable bonds is 10. The van der Waals surface area contributed by atoms with Crippen molar-refractivity contribution in [1.82, 2.24) is 5.32 Å². The van der Waals surface area contributed by atoms with Crippen LogP contribution in [0.15, 0.2) is 48.5 Å². The predicted molar refractivity (Wildman–Crippen MR) is 122 cm³/mol. The molecule has 0 spiro atoms. The average Bonchev–Trinajstić information content (AvgIpc) is 2.81. The minimum Gasteiger partial charge on any atom is -0.493 e. The van der Waals surface area contributed by atoms with Gasteiger partial charge in [-0.05, 0) is 30.2 Å². The molecule has 6 nitrogen and oxygen atoms in total. The molecule has 1 amide bonds. The molecule has 1 aliphatic rings. The Hall–Kier alpha value is -2.57. The summed E-state index contributed by atoms with van der Waals surface area (Å²) < 4.78 is 10.7. The molecule has 0 bridgehead atoms. The Morgan fingerprint density at radius 2 is 1.65 bits per heavy atom. The minimum atomic E-state index is 0.160. The van der Waals surface area contributed by atoms with Crippen molar-refractivity contribution in [3.63, 3.8) is 0 Å². The molecule has 0 aromatic heterocycles. The zero-order chi connectivity index (χ0) is 22.1. The molecule has 1 heterocycles. The number of piperazine rings is 1. The number of hydrogen-bond donors (Lipinski definition) is 3. The third-order valence-electron chi connectivity index (χ3n) is 6.29. The summed E-state index contributed by atoms with van der Waals surface area (Å²) in [5, 5.41) is 3.16. The van der Waals surface area contributed by atoms with E-state index in [0.717, 1.165) is 50.6 Å². The molecule has 0 saturated carbocycles. The van der Waals surface area contributed by atoms with E-state index in [-0.39, 0.29) is 5.91 Å². The van der Waals surface area contributed by atoms with Gasteiger partial charge in [-0.2, -0.15) is 0 Å². The smallest absolute Gasteiger partial charge is 0.275 e. The molecule has 6 heteroatoms. The van der Waals surface area contributed by atoms with Gasteiger partial charge in [0, 0.05) is 18.0 Å². The summed E-state index contributed by atoms with van der Waals surface area (Å²) in [4.78, 5) is 15.4. The van der Waals surface area contributed by atoms with Gasteiger partial charge in [0.1, 0.15) is 32.7 Å². The summed E-state index contributed by atoms with van der Waals surface area (Å²) in [5.41, 5.74) is 2.55. The van der Waals surface area contributed by atoms with Crippen LogP contribution in [0.3, 0.4) is 0 Å². The second-order valence-corrected chi connectivity index (χ2v) is 8.36. The molecule has 3 N–H and O–H groups in total. The molecule has 2 aromatic rings. The highest BCUT2D eigenvalue weighted by Gasteiger charge is 2.25. The fourth-order valence-electron chi connectivity index (χ4n) is 4.34. The molecule has 31 heavy (non-hydrogen) atoms. The van der Waals surface area contributed by atoms with Gasteiger partial charge in [0.2, 0.25) is 0 Å². The lowest BCUT2D eigenvalue weighted by atomic mass is 9.96. The first-order valence-corrected chi connectivity index (χ1v) is 11.3. The summed E-state index contributed by atoms with van der Waals surface area (Å²) in [6, 6.07) is 16.6. The van der Waals surface area contributed by atoms with Crippen LogP contribution in [0.25, 0.3) is 0 Å². The summed E-state index contributed by atoms with van der Waals surface area (Å²) in [5.74, 6) is 2.08. The first-order chi connectivity index (χ1) is 15.1. The first kappa shape index (κ1) is 23.1. The molecule has 0 aliphatic carbocycles. The molecule has 168 valence electrons. The van der Waals surface area contributed by atoms with Crippen LogP contribution in [0, 0.1) is 0 Å². The fourth-order valence-corrected chi connectivity index (χ4v) is 4.34. The van der Waals surface area contributed by atoms with E-state index in [2.05, 4.69) is 48.6 Å². The summed E-state index contributed by atoms with van der Waals surface area (Å²) in [7, 11) is 3.33. The summed E-state index contributed by atoms with van der Waals surface area (Å²) >= 11 is 0. The monoisotopic (exact) mass is 427 g/mol. The number of carbonyl (C=O) groups is 1. The zero-order valence-electron chi connectivity index (χ0n) is 19.1. The number of quaternary nitrogens is 2. The second-order valence-electron chi connectivity index (χ2n) is 8.36. The number of carbonyl (C=O) groups excluding carboxylic acids is 1. The van der Waals surface area contributed by atoms with E-state index < -0.39 is 0 Å². The number of methoxy groups -OCH3 is 2. The highest BCUT2D eigenvalue weighted by Crippen LogP contribution is 2.27. The van der Waals surface area contributed by atoms with Gasteiger partial charge in [0.15, 0.2) is 18.0 Å². The van der Waals surface area contributed by atoms with E-state index in [1.807, 2.05) is 12.1 Å². The Kier molecular flexibility index (Phi) is 8.74. The maximum Gasteiger partial charge on any atom is 0.275 e. The van der Waals surface area contributed by atoms with Crippen molar-refractivity contribution in [2.75, 3.05) is 53.5 Å². The number of benzene rings is 2. The summed E-state index contributed by atoms with van der Waals surface area (Å²) in [6.07, 6.45) is 1.02. The lowest BCUT2D eigenvalue weighted by Crippen LogP contribution is -3.28. The molecular weight excluding hydrogens is 390 g/mol. The van der Waals surface area contributed by atoms with Gasteiger partial charge in [-0.1, -0.05) is 37.3 Å². The molecule has 3 rings (SSSR count). The van der Waals surface area contributed by atoms with Crippen LogP contribution in [0.5, 0.6) is 11.5 Å². The van der Waals surface area contributed by atoms with Crippen molar-refractivity contribution >= 4 is 5.91 Å². The van der Waals surface area contributed by atoms with Gasteiger partial charge in [0.05, 0.1) is 14.2 Å². The Labute approximate surface area is 186 Å². The third-order valence-corrected chi connectivity index (χ3v) is 6.29. The Balaban J connectivity index is 1.41. The predicted octanol–water partition coefficient (Wildman–Crippen LogP) is 0.297. The van der Waals surface area contributed by atoms with Crippen LogP contribution in [0.2, 0.25) is 0 Å². The van der Waals surface area contributed by atoms with Crippen LogP contribution in [0.4, 0.5) is 0 Å². The zero-order valence-corrected chi connectivity index (χ0v) is 19.1. The highest BCUT2D eigenvalue weighted by atomic mass is 16.5. The number of nitrogens with one attached hydrogen (secondary N) is 3. The average molecular weight is 428 g/mol. The van der Waals surface area contributed by atoms with Gasteiger partial charge < -0.3 is 24.6 Å². The maximum absolute atomic E-state index is 12.5. The molecule has 1 atom stereocenters. The van der Waals surface area contributed by atoms with Crippen molar-refractivity contribution in [2.45, 2.75) is 25.8 Å². The van der Waals surface area contributed by atoms with Gasteiger partial charge in [0.25, 0.3) is 5.91 Å². The van der Waals surface area contributed by atoms with E-state index in [4.69, 9.17) is 9.47 Å². The molecule has 2 aromatic carbocycles. The molecule has 1 saturated heterocycles. The molecule has 0 radical (unpaired) electrons. The normalized spacial score (nSPS) is 19.5. The Morgan fingerprint density at radius 3 is 2.29 bits per heavy atom. The van der Waals surface area contributed by atoms with E-state index in [1.165, 1.54) is 16.0 Å². The summed E-state index contributed by atoms with van der Waals surface area (Å²) in [6.45, 7) is 8.59. The van der Waals surface area contributed by atoms with Gasteiger partial charge in [-0.25, -0.2) is 0 Å². The molecule has 1 fully saturated rings. The van der Waals surface area contributed by atoms with E-state index in [0.29, 0.717) is 19.0 Å². The Bertz CT molecular complexity index is 820. The topological polar surface area (TPSA) is 56.4 Å². The second kappa shape index (κ2) is 11.7. The van der Waals surface area contributed by atoms with Crippen LogP contribution in [-0.2, 0) is 11.3 Å². The lowest BCUT2D eigenvalue weighted by molar-refractivity contribution is -1.02. The van der Waals surface area contributed by atoms with Crippen molar-refractivity contribution in [2.24, 2.45) is 0 Å². The molecular formula is C25H37N3O3+2. The fraction of sp³-hybridized carbons (Fsp3) is 0.480. The van der Waals surface area contributed by atoms with Crippen LogP contribution in [-0.4, -0.2) is 59.4 Å². The number of amides is 1. The number of hydrogen-bond acceptors (Lipinski definition) is 3. The van der Waals surface area contributed by atoms with Crippen LogP contribution < -0.4 is 24.6 Å². The van der Waals surface area contributed by atoms with Crippen molar-refractivity contribution < 1.29 is 24.1 Å². The van der Waals surface area contributed by atoms with Gasteiger partial charge in [-0.3, -0.25) is 4.79 Å². The Morgan fingerprint density at radius 1 is 0.968 bits per heavy atom. The molecule has 1 aliphatic heterocycles. The SMILES string of the molecule is CC[C@@H](CNC(=O)C[NH+]1CC[NH+](Cc2ccc(OC)c(OC)c2)CC1)c1ccccc1. The van der Waals surface area contributed by atoms with Crippen LogP contribution in [0.1, 0.15) is 30.4 Å². The molecule has 0 unspecified atom stereocenters. The van der Waals surface area contributed by atoms with Gasteiger partial charge >= 0.3 is 0 Å². The first-order valence-electron chi connectivity index (χ1n) is 11.3. The van der Waals surface area contributed by atoms with E-state index in [9.17, 15) is 4.79 Å². The maximum atomic E-state index is 12.5. The van der Waals surface area contributed by atoms with E-state index in [1.54, 1.807) is 19.1 Å². The largest absolute Gasteiger partial charge is 0.493 e. The van der Waals surface area contributed by atoms with Crippen LogP contribution >= 0.6 is 0 Å². The van der Waals surface area contributed by atoms with E-state index >= 15 is 0 Å². The van der Waals surface area contributed by atoms with Gasteiger partial charge in [-0.15, -0.1) is 0 Å². The quantitative estimate of drug-likeness (QED) is 0.511. The lowest BCUT2D eigenvalue weighted by Gasteiger charge is -2.29. The van der Waals surface area contributed by atoms with Crippen molar-refractivity contribution in [3.05, 3.63) is 59.7 Å². The highest BCUT2D eigenvalue weighted by molar-refractivity contribution is 5.76. The van der Waals surface area contributed by atoms with Crippen molar-refractivity contribution in [1.29, 1.82) is 0 Å². The standard InChI is InChI=1S/C25H35N3O3/c1-4-21(22-8-6-5-7-9-22)17-26-25(29)19-28-14-12-27(13-15-28)18-20-10-11-23(30-2)24(16-20)31-3/h5-11,16,21H,4,12-15,17-19H2,1-3H3,(H,26,29)/p+2/t21-/m0/s1.